The van der Waals surface area contributed by atoms with Gasteiger partial charge in [-0.1, -0.05) is 56.0 Å². The molecule has 1 saturated heterocycles. The maximum absolute atomic E-state index is 12.5. The van der Waals surface area contributed by atoms with Gasteiger partial charge in [-0.2, -0.15) is 0 Å². The number of carbonyl (C=O) groups is 2. The van der Waals surface area contributed by atoms with E-state index in [1.165, 1.54) is 31.2 Å². The smallest absolute Gasteiger partial charge is 0.241 e. The van der Waals surface area contributed by atoms with Crippen molar-refractivity contribution in [2.45, 2.75) is 44.4 Å². The fraction of sp³-hybridized carbons (Fsp3) is 0.619. The summed E-state index contributed by atoms with van der Waals surface area (Å²) in [6, 6.07) is 10.3. The van der Waals surface area contributed by atoms with Crippen molar-refractivity contribution in [2.75, 3.05) is 26.2 Å². The summed E-state index contributed by atoms with van der Waals surface area (Å²) in [5, 5.41) is 2.81. The second-order valence-corrected chi connectivity index (χ2v) is 7.78. The van der Waals surface area contributed by atoms with Gasteiger partial charge in [0.15, 0.2) is 0 Å². The Morgan fingerprint density at radius 1 is 1.11 bits per heavy atom. The number of nitrogens with one attached hydrogen (secondary N) is 1. The van der Waals surface area contributed by atoms with E-state index < -0.39 is 0 Å². The summed E-state index contributed by atoms with van der Waals surface area (Å²) in [4.78, 5) is 26.4. The molecule has 0 bridgehead atoms. The molecule has 1 saturated carbocycles. The Hall–Kier alpha value is -1.59. The third-order valence-electron chi connectivity index (χ3n) is 6.02. The Morgan fingerprint density at radius 3 is 2.48 bits per heavy atom. The van der Waals surface area contributed by atoms with Crippen LogP contribution in [0.3, 0.4) is 0 Å². The molecule has 0 radical (unpaired) electrons. The molecular weight excluding hydrogens is 362 g/mol. The van der Waals surface area contributed by atoms with Gasteiger partial charge in [-0.3, -0.25) is 9.59 Å². The summed E-state index contributed by atoms with van der Waals surface area (Å²) in [5.41, 5.74) is 7.17. The van der Waals surface area contributed by atoms with Crippen molar-refractivity contribution in [3.05, 3.63) is 35.9 Å². The molecule has 0 unspecified atom stereocenters. The zero-order valence-corrected chi connectivity index (χ0v) is 16.8. The molecule has 0 aromatic heterocycles. The molecule has 2 atom stereocenters. The Kier molecular flexibility index (Phi) is 8.58. The number of nitrogens with two attached hydrogens (primary N) is 1. The summed E-state index contributed by atoms with van der Waals surface area (Å²) in [5.74, 6) is 1.25. The Morgan fingerprint density at radius 2 is 1.81 bits per heavy atom. The maximum atomic E-state index is 12.5. The second-order valence-electron chi connectivity index (χ2n) is 7.78. The monoisotopic (exact) mass is 393 g/mol. The van der Waals surface area contributed by atoms with E-state index in [1.807, 2.05) is 23.1 Å². The average Bonchev–Trinajstić information content (AvgIpc) is 3.34. The number of amides is 2. The predicted molar refractivity (Wildman–Crippen MR) is 110 cm³/mol. The highest BCUT2D eigenvalue weighted by Gasteiger charge is 2.35. The van der Waals surface area contributed by atoms with Crippen LogP contribution in [-0.2, 0) is 9.59 Å². The highest BCUT2D eigenvalue weighted by Crippen LogP contribution is 2.32. The van der Waals surface area contributed by atoms with Gasteiger partial charge in [0.05, 0.1) is 6.54 Å². The summed E-state index contributed by atoms with van der Waals surface area (Å²) < 4.78 is 0. The van der Waals surface area contributed by atoms with Gasteiger partial charge >= 0.3 is 0 Å². The molecule has 3 rings (SSSR count). The molecule has 1 aromatic carbocycles. The number of benzene rings is 1. The van der Waals surface area contributed by atoms with Gasteiger partial charge in [0.1, 0.15) is 0 Å². The number of carbonyl (C=O) groups excluding carboxylic acids is 2. The van der Waals surface area contributed by atoms with Crippen molar-refractivity contribution in [2.24, 2.45) is 17.6 Å². The molecule has 1 aliphatic carbocycles. The molecule has 1 aliphatic heterocycles. The third kappa shape index (κ3) is 5.94. The highest BCUT2D eigenvalue weighted by atomic mass is 35.5. The van der Waals surface area contributed by atoms with E-state index in [0.29, 0.717) is 32.0 Å². The largest absolute Gasteiger partial charge is 0.347 e. The number of likely N-dealkylation sites (tertiary alicyclic amines) is 1. The zero-order chi connectivity index (χ0) is 18.4. The van der Waals surface area contributed by atoms with Gasteiger partial charge in [0.2, 0.25) is 11.8 Å². The topological polar surface area (TPSA) is 75.4 Å². The maximum Gasteiger partial charge on any atom is 0.241 e. The lowest BCUT2D eigenvalue weighted by Crippen LogP contribution is -2.39. The quantitative estimate of drug-likeness (QED) is 0.747. The number of hydrogen-bond donors (Lipinski definition) is 2. The van der Waals surface area contributed by atoms with E-state index in [1.54, 1.807) is 0 Å². The normalized spacial score (nSPS) is 22.5. The average molecular weight is 394 g/mol. The molecule has 1 heterocycles. The van der Waals surface area contributed by atoms with Crippen LogP contribution in [0.4, 0.5) is 0 Å². The van der Waals surface area contributed by atoms with Crippen LogP contribution in [0.25, 0.3) is 0 Å². The summed E-state index contributed by atoms with van der Waals surface area (Å²) in [6.45, 7) is 2.02. The Balaban J connectivity index is 0.00000261. The summed E-state index contributed by atoms with van der Waals surface area (Å²) in [6.07, 6.45) is 6.59. The lowest BCUT2D eigenvalue weighted by Gasteiger charge is -2.17. The van der Waals surface area contributed by atoms with Gasteiger partial charge in [-0.15, -0.1) is 12.4 Å². The van der Waals surface area contributed by atoms with Crippen LogP contribution >= 0.6 is 12.4 Å². The molecule has 3 N–H and O–H groups in total. The van der Waals surface area contributed by atoms with Crippen LogP contribution in [0.1, 0.15) is 50.0 Å². The van der Waals surface area contributed by atoms with Crippen molar-refractivity contribution in [3.63, 3.8) is 0 Å². The molecule has 5 nitrogen and oxygen atoms in total. The standard InChI is InChI=1S/C21H31N3O2.ClH/c22-12-18-14-24(15-19(18)17-8-2-1-3-9-17)21(26)13-23-20(25)11-10-16-6-4-5-7-16;/h1-3,8-9,16,18-19H,4-7,10-15,22H2,(H,23,25);1H/t18-,19+;/m1./s1. The van der Waals surface area contributed by atoms with Crippen LogP contribution in [0.5, 0.6) is 0 Å². The van der Waals surface area contributed by atoms with E-state index in [9.17, 15) is 9.59 Å². The molecule has 0 spiro atoms. The third-order valence-corrected chi connectivity index (χ3v) is 6.02. The van der Waals surface area contributed by atoms with Crippen LogP contribution in [0, 0.1) is 11.8 Å². The van der Waals surface area contributed by atoms with Crippen LogP contribution in [0.15, 0.2) is 30.3 Å². The molecule has 1 aromatic rings. The van der Waals surface area contributed by atoms with Crippen LogP contribution < -0.4 is 11.1 Å². The van der Waals surface area contributed by atoms with Crippen molar-refractivity contribution in [1.82, 2.24) is 10.2 Å². The summed E-state index contributed by atoms with van der Waals surface area (Å²) >= 11 is 0. The van der Waals surface area contributed by atoms with Gasteiger partial charge in [-0.25, -0.2) is 0 Å². The fourth-order valence-electron chi connectivity index (χ4n) is 4.40. The van der Waals surface area contributed by atoms with Crippen LogP contribution in [0.2, 0.25) is 0 Å². The molecule has 6 heteroatoms. The lowest BCUT2D eigenvalue weighted by molar-refractivity contribution is -0.132. The van der Waals surface area contributed by atoms with E-state index in [-0.39, 0.29) is 42.6 Å². The Labute approximate surface area is 168 Å². The van der Waals surface area contributed by atoms with Crippen molar-refractivity contribution < 1.29 is 9.59 Å². The molecule has 2 aliphatic rings. The first kappa shape index (κ1) is 21.7. The first-order valence-corrected chi connectivity index (χ1v) is 9.97. The van der Waals surface area contributed by atoms with Crippen LogP contribution in [-0.4, -0.2) is 42.9 Å². The first-order valence-electron chi connectivity index (χ1n) is 9.97. The molecular formula is C21H32ClN3O2. The van der Waals surface area contributed by atoms with Crippen molar-refractivity contribution in [3.8, 4) is 0 Å². The minimum Gasteiger partial charge on any atom is -0.347 e. The number of halogens is 1. The molecule has 2 fully saturated rings. The Bertz CT molecular complexity index is 605. The number of rotatable bonds is 7. The van der Waals surface area contributed by atoms with Gasteiger partial charge in [-0.05, 0) is 30.4 Å². The zero-order valence-electron chi connectivity index (χ0n) is 15.9. The summed E-state index contributed by atoms with van der Waals surface area (Å²) in [7, 11) is 0. The fourth-order valence-corrected chi connectivity index (χ4v) is 4.40. The highest BCUT2D eigenvalue weighted by molar-refractivity contribution is 5.85. The predicted octanol–water partition coefficient (Wildman–Crippen LogP) is 2.70. The van der Waals surface area contributed by atoms with Crippen molar-refractivity contribution in [1.29, 1.82) is 0 Å². The molecule has 27 heavy (non-hydrogen) atoms. The lowest BCUT2D eigenvalue weighted by atomic mass is 9.89. The van der Waals surface area contributed by atoms with E-state index in [0.717, 1.165) is 6.42 Å². The van der Waals surface area contributed by atoms with Gasteiger partial charge in [0, 0.05) is 25.4 Å². The van der Waals surface area contributed by atoms with E-state index in [4.69, 9.17) is 5.73 Å². The second kappa shape index (κ2) is 10.7. The first-order chi connectivity index (χ1) is 12.7. The SMILES string of the molecule is Cl.NC[C@@H]1CN(C(=O)CNC(=O)CCC2CCCC2)C[C@H]1c1ccccc1. The van der Waals surface area contributed by atoms with E-state index >= 15 is 0 Å². The molecule has 150 valence electrons. The minimum atomic E-state index is -0.00361. The van der Waals surface area contributed by atoms with Gasteiger partial charge in [0.25, 0.3) is 0 Å². The number of nitrogens with zero attached hydrogens (tertiary/aromatic N) is 1. The molecule has 2 amide bonds. The minimum absolute atomic E-state index is 0. The van der Waals surface area contributed by atoms with Gasteiger partial charge < -0.3 is 16.0 Å². The number of hydrogen-bond acceptors (Lipinski definition) is 3. The van der Waals surface area contributed by atoms with E-state index in [2.05, 4.69) is 17.4 Å². The van der Waals surface area contributed by atoms with Crippen molar-refractivity contribution >= 4 is 24.2 Å².